The Labute approximate surface area is 396 Å². The summed E-state index contributed by atoms with van der Waals surface area (Å²) in [7, 11) is 0. The van der Waals surface area contributed by atoms with Crippen molar-refractivity contribution in [1.82, 2.24) is 14.7 Å². The molecule has 4 heterocycles. The number of hydrogen-bond acceptors (Lipinski definition) is 15. The molecule has 6 aromatic rings. The van der Waals surface area contributed by atoms with E-state index in [9.17, 15) is 28.8 Å². The van der Waals surface area contributed by atoms with E-state index in [0.717, 1.165) is 0 Å². The zero-order chi connectivity index (χ0) is 47.4. The van der Waals surface area contributed by atoms with Crippen LogP contribution in [0.4, 0.5) is 0 Å². The first kappa shape index (κ1) is 44.8. The second kappa shape index (κ2) is 19.7. The zero-order valence-corrected chi connectivity index (χ0v) is 36.9. The van der Waals surface area contributed by atoms with Crippen molar-refractivity contribution < 1.29 is 57.2 Å². The molecule has 0 spiro atoms. The second-order valence-electron chi connectivity index (χ2n) is 17.0. The van der Waals surface area contributed by atoms with E-state index < -0.39 is 90.9 Å². The summed E-state index contributed by atoms with van der Waals surface area (Å²) in [5, 5.41) is 0. The Bertz CT molecular complexity index is 2490. The molecule has 0 aromatic heterocycles. The van der Waals surface area contributed by atoms with Crippen molar-refractivity contribution in [2.45, 2.75) is 55.1 Å². The van der Waals surface area contributed by atoms with E-state index in [2.05, 4.69) is 0 Å². The third kappa shape index (κ3) is 9.22. The van der Waals surface area contributed by atoms with Gasteiger partial charge in [-0.1, -0.05) is 109 Å². The number of fused-ring (bicyclic) bond motifs is 6. The fourth-order valence-corrected chi connectivity index (χ4v) is 9.69. The molecule has 348 valence electrons. The maximum atomic E-state index is 14.2. The topological polar surface area (TPSA) is 168 Å². The number of esters is 6. The van der Waals surface area contributed by atoms with Crippen molar-refractivity contribution in [2.75, 3.05) is 19.6 Å². The number of carbonyl (C=O) groups is 6. The summed E-state index contributed by atoms with van der Waals surface area (Å²) in [6.45, 7) is -0.244. The molecule has 0 bridgehead atoms. The maximum absolute atomic E-state index is 14.2. The van der Waals surface area contributed by atoms with Gasteiger partial charge in [0, 0.05) is 19.6 Å². The van der Waals surface area contributed by atoms with Gasteiger partial charge < -0.3 is 28.4 Å². The van der Waals surface area contributed by atoms with E-state index in [1.54, 1.807) is 182 Å². The first-order valence-corrected chi connectivity index (χ1v) is 22.6. The summed E-state index contributed by atoms with van der Waals surface area (Å²) in [5.41, 5.74) is 1.44. The Morgan fingerprint density at radius 3 is 0.638 bits per heavy atom. The molecule has 15 nitrogen and oxygen atoms in total. The van der Waals surface area contributed by atoms with Gasteiger partial charge >= 0.3 is 35.8 Å². The monoisotopic (exact) mass is 927 g/mol. The van der Waals surface area contributed by atoms with Crippen molar-refractivity contribution in [1.29, 1.82) is 0 Å². The van der Waals surface area contributed by atoms with Crippen LogP contribution in [0.1, 0.15) is 62.1 Å². The van der Waals surface area contributed by atoms with Crippen LogP contribution in [0.3, 0.4) is 0 Å². The first-order chi connectivity index (χ1) is 33.7. The van der Waals surface area contributed by atoms with Crippen LogP contribution in [0.2, 0.25) is 0 Å². The summed E-state index contributed by atoms with van der Waals surface area (Å²) in [4.78, 5) is 90.4. The highest BCUT2D eigenvalue weighted by molar-refractivity contribution is 5.92. The predicted molar refractivity (Wildman–Crippen MR) is 245 cm³/mol. The van der Waals surface area contributed by atoms with Crippen LogP contribution in [0.25, 0.3) is 0 Å². The van der Waals surface area contributed by atoms with E-state index in [-0.39, 0.29) is 53.0 Å². The molecule has 0 aliphatic carbocycles. The van der Waals surface area contributed by atoms with Crippen LogP contribution >= 0.6 is 0 Å². The summed E-state index contributed by atoms with van der Waals surface area (Å²) in [6.07, 6.45) is -10.2. The third-order valence-electron chi connectivity index (χ3n) is 12.8. The molecule has 0 unspecified atom stereocenters. The van der Waals surface area contributed by atoms with Crippen LogP contribution in [0.5, 0.6) is 0 Å². The molecule has 15 heteroatoms. The summed E-state index contributed by atoms with van der Waals surface area (Å²) >= 11 is 0. The van der Waals surface area contributed by atoms with Gasteiger partial charge in [0.05, 0.1) is 33.4 Å². The average molecular weight is 928 g/mol. The van der Waals surface area contributed by atoms with Gasteiger partial charge in [0.2, 0.25) is 0 Å². The Morgan fingerprint density at radius 2 is 0.449 bits per heavy atom. The predicted octanol–water partition coefficient (Wildman–Crippen LogP) is 6.28. The van der Waals surface area contributed by atoms with Crippen LogP contribution in [-0.2, 0) is 28.4 Å². The lowest BCUT2D eigenvalue weighted by atomic mass is 10.1. The smallest absolute Gasteiger partial charge is 0.338 e. The third-order valence-corrected chi connectivity index (χ3v) is 12.8. The fraction of sp³-hybridized carbons (Fsp3) is 0.222. The van der Waals surface area contributed by atoms with E-state index in [1.165, 1.54) is 0 Å². The summed E-state index contributed by atoms with van der Waals surface area (Å²) in [5.74, 6) is -4.20. The van der Waals surface area contributed by atoms with Gasteiger partial charge in [-0.25, -0.2) is 28.8 Å². The number of ether oxygens (including phenoxy) is 6. The van der Waals surface area contributed by atoms with Crippen LogP contribution in [0, 0.1) is 0 Å². The molecule has 4 saturated heterocycles. The van der Waals surface area contributed by atoms with E-state index in [4.69, 9.17) is 28.4 Å². The second-order valence-corrected chi connectivity index (χ2v) is 17.0. The normalized spacial score (nSPS) is 25.0. The van der Waals surface area contributed by atoms with Crippen molar-refractivity contribution in [3.63, 3.8) is 0 Å². The molecule has 69 heavy (non-hydrogen) atoms. The lowest BCUT2D eigenvalue weighted by Gasteiger charge is -2.52. The lowest BCUT2D eigenvalue weighted by Crippen LogP contribution is -2.71. The van der Waals surface area contributed by atoms with Gasteiger partial charge in [0.1, 0.15) is 18.5 Å². The van der Waals surface area contributed by atoms with Crippen LogP contribution in [0.15, 0.2) is 182 Å². The van der Waals surface area contributed by atoms with Crippen molar-refractivity contribution >= 4 is 35.8 Å². The van der Waals surface area contributed by atoms with Gasteiger partial charge in [-0.05, 0) is 72.8 Å². The minimum atomic E-state index is -1.25. The quantitative estimate of drug-likeness (QED) is 0.0993. The van der Waals surface area contributed by atoms with Crippen molar-refractivity contribution in [3.05, 3.63) is 215 Å². The molecule has 10 rings (SSSR count). The number of carbonyl (C=O) groups excluding carboxylic acids is 6. The molecular weight excluding hydrogens is 883 g/mol. The fourth-order valence-electron chi connectivity index (χ4n) is 9.69. The molecule has 4 aliphatic rings. The van der Waals surface area contributed by atoms with Crippen molar-refractivity contribution in [3.8, 4) is 0 Å². The molecule has 6 aromatic carbocycles. The zero-order valence-electron chi connectivity index (χ0n) is 36.9. The highest BCUT2D eigenvalue weighted by atomic mass is 16.6. The van der Waals surface area contributed by atoms with Crippen LogP contribution in [-0.4, -0.2) is 125 Å². The Hall–Kier alpha value is -7.98. The first-order valence-electron chi connectivity index (χ1n) is 22.6. The molecule has 0 N–H and O–H groups in total. The average Bonchev–Trinajstić information content (AvgIpc) is 4.05. The highest BCUT2D eigenvalue weighted by Gasteiger charge is 2.68. The molecule has 0 amide bonds. The molecule has 0 radical (unpaired) electrons. The Morgan fingerprint density at radius 1 is 0.275 bits per heavy atom. The highest BCUT2D eigenvalue weighted by Crippen LogP contribution is 2.47. The van der Waals surface area contributed by atoms with Crippen LogP contribution < -0.4 is 0 Å². The van der Waals surface area contributed by atoms with E-state index >= 15 is 0 Å². The number of nitrogens with zero attached hydrogens (tertiary/aromatic N) is 3. The SMILES string of the molecule is O=C(O[C@@H]1C2N(C[C@H]1OC(=O)c1ccccc1)C1[C@@H](OC(=O)c3ccccc3)[C@H](OC(=O)c3ccccc3)CN1C1[C@@H](OC(=O)c3ccccc3)[C@H](OC(=O)c3ccccc3)CN21)c1ccccc1. The number of rotatable bonds is 12. The molecule has 4 aliphatic heterocycles. The minimum absolute atomic E-state index is 0.0813. The largest absolute Gasteiger partial charge is 0.453 e. The van der Waals surface area contributed by atoms with Gasteiger partial charge in [0.25, 0.3) is 0 Å². The molecule has 0 saturated carbocycles. The van der Waals surface area contributed by atoms with Gasteiger partial charge in [-0.3, -0.25) is 14.7 Å². The molecular formula is C54H45N3O12. The Kier molecular flexibility index (Phi) is 12.8. The Balaban J connectivity index is 1.11. The van der Waals surface area contributed by atoms with E-state index in [0.29, 0.717) is 0 Å². The van der Waals surface area contributed by atoms with Gasteiger partial charge in [-0.2, -0.15) is 0 Å². The summed E-state index contributed by atoms with van der Waals surface area (Å²) in [6, 6.07) is 50.1. The van der Waals surface area contributed by atoms with Gasteiger partial charge in [0.15, 0.2) is 36.6 Å². The standard InChI is InChI=1S/C54H45N3O12/c58-49(34-19-7-1-8-20-34)64-40-31-55-46(43(40)67-52(61)37-25-13-4-14-26-37)56-32-41(65-50(59)35-21-9-2-10-22-35)45(69-54(63)39-29-17-6-18-30-39)48(56)57-33-42(66-51(60)36-23-11-3-12-24-36)44(47(55)57)68-53(62)38-27-15-5-16-28-38/h1-30,40-48H,31-33H2/t40-,41-,42-,43+,44+,45+,46?,47?,48?/m1/s1. The van der Waals surface area contributed by atoms with Crippen molar-refractivity contribution in [2.24, 2.45) is 0 Å². The molecule has 6 atom stereocenters. The van der Waals surface area contributed by atoms with E-state index in [1.807, 2.05) is 14.7 Å². The lowest BCUT2D eigenvalue weighted by molar-refractivity contribution is -0.183. The molecule has 4 fully saturated rings. The summed E-state index contributed by atoms with van der Waals surface area (Å²) < 4.78 is 38.3. The maximum Gasteiger partial charge on any atom is 0.338 e. The number of benzene rings is 6. The van der Waals surface area contributed by atoms with Gasteiger partial charge in [-0.15, -0.1) is 0 Å². The minimum Gasteiger partial charge on any atom is -0.453 e. The number of hydrogen-bond donors (Lipinski definition) is 0.